The van der Waals surface area contributed by atoms with Crippen LogP contribution in [-0.4, -0.2) is 29.9 Å². The molecule has 3 rings (SSSR count). The van der Waals surface area contributed by atoms with Crippen molar-refractivity contribution in [2.45, 2.75) is 32.4 Å². The highest BCUT2D eigenvalue weighted by Crippen LogP contribution is 2.16. The van der Waals surface area contributed by atoms with Crippen molar-refractivity contribution in [3.8, 4) is 0 Å². The second-order valence-electron chi connectivity index (χ2n) is 6.04. The van der Waals surface area contributed by atoms with Crippen LogP contribution in [0.15, 0.2) is 41.0 Å². The Balaban J connectivity index is 1.48. The number of nitrogens with one attached hydrogen (secondary N) is 1. The van der Waals surface area contributed by atoms with E-state index in [0.29, 0.717) is 11.3 Å². The lowest BCUT2D eigenvalue weighted by Crippen LogP contribution is -2.44. The molecule has 1 saturated heterocycles. The molecule has 0 bridgehead atoms. The molecular formula is C18H21FN2O2. The third-order valence-electron chi connectivity index (χ3n) is 4.35. The number of amides is 1. The van der Waals surface area contributed by atoms with E-state index in [9.17, 15) is 9.18 Å². The fourth-order valence-electron chi connectivity index (χ4n) is 2.97. The molecule has 1 fully saturated rings. The second-order valence-corrected chi connectivity index (χ2v) is 6.04. The van der Waals surface area contributed by atoms with Crippen molar-refractivity contribution in [3.63, 3.8) is 0 Å². The van der Waals surface area contributed by atoms with Crippen molar-refractivity contribution in [3.05, 3.63) is 59.3 Å². The Labute approximate surface area is 135 Å². The average molecular weight is 316 g/mol. The maximum absolute atomic E-state index is 12.9. The van der Waals surface area contributed by atoms with Gasteiger partial charge in [-0.05, 0) is 43.5 Å². The van der Waals surface area contributed by atoms with Gasteiger partial charge in [0.1, 0.15) is 11.6 Å². The van der Waals surface area contributed by atoms with E-state index in [-0.39, 0.29) is 17.8 Å². The van der Waals surface area contributed by atoms with E-state index in [1.54, 1.807) is 13.0 Å². The largest absolute Gasteiger partial charge is 0.469 e. The maximum atomic E-state index is 12.9. The molecule has 0 atom stereocenters. The minimum atomic E-state index is -0.204. The number of carbonyl (C=O) groups excluding carboxylic acids is 1. The number of hydrogen-bond donors (Lipinski definition) is 1. The molecule has 0 spiro atoms. The van der Waals surface area contributed by atoms with Gasteiger partial charge in [0.2, 0.25) is 0 Å². The van der Waals surface area contributed by atoms with E-state index >= 15 is 0 Å². The maximum Gasteiger partial charge on any atom is 0.255 e. The molecule has 5 heteroatoms. The third-order valence-corrected chi connectivity index (χ3v) is 4.35. The molecule has 1 aromatic heterocycles. The number of carbonyl (C=O) groups is 1. The minimum Gasteiger partial charge on any atom is -0.469 e. The summed E-state index contributed by atoms with van der Waals surface area (Å²) in [7, 11) is 0. The first kappa shape index (κ1) is 15.7. The van der Waals surface area contributed by atoms with Crippen molar-refractivity contribution in [2.75, 3.05) is 13.1 Å². The van der Waals surface area contributed by atoms with Crippen molar-refractivity contribution in [1.29, 1.82) is 0 Å². The van der Waals surface area contributed by atoms with Gasteiger partial charge in [0.25, 0.3) is 5.91 Å². The molecular weight excluding hydrogens is 295 g/mol. The Hall–Kier alpha value is -2.14. The minimum absolute atomic E-state index is 0.0618. The van der Waals surface area contributed by atoms with E-state index in [2.05, 4.69) is 10.2 Å². The number of halogens is 1. The van der Waals surface area contributed by atoms with Crippen LogP contribution in [0.1, 0.15) is 34.5 Å². The number of nitrogens with zero attached hydrogens (tertiary/aromatic N) is 1. The molecule has 0 saturated carbocycles. The molecule has 1 aliphatic heterocycles. The predicted octanol–water partition coefficient (Wildman–Crippen LogP) is 3.12. The normalized spacial score (nSPS) is 16.4. The Kier molecular flexibility index (Phi) is 4.76. The van der Waals surface area contributed by atoms with E-state index in [0.717, 1.165) is 38.0 Å². The molecule has 0 radical (unpaired) electrons. The summed E-state index contributed by atoms with van der Waals surface area (Å²) in [4.78, 5) is 14.5. The molecule has 0 unspecified atom stereocenters. The zero-order valence-corrected chi connectivity index (χ0v) is 13.2. The van der Waals surface area contributed by atoms with Crippen LogP contribution in [0, 0.1) is 12.7 Å². The van der Waals surface area contributed by atoms with Gasteiger partial charge in [-0.1, -0.05) is 12.1 Å². The van der Waals surface area contributed by atoms with Crippen LogP contribution in [0.5, 0.6) is 0 Å². The van der Waals surface area contributed by atoms with Gasteiger partial charge in [-0.25, -0.2) is 4.39 Å². The third kappa shape index (κ3) is 3.99. The lowest BCUT2D eigenvalue weighted by molar-refractivity contribution is 0.0907. The van der Waals surface area contributed by atoms with Gasteiger partial charge in [0, 0.05) is 25.7 Å². The Morgan fingerprint density at radius 3 is 2.57 bits per heavy atom. The molecule has 1 N–H and O–H groups in total. The lowest BCUT2D eigenvalue weighted by atomic mass is 10.0. The molecule has 4 nitrogen and oxygen atoms in total. The summed E-state index contributed by atoms with van der Waals surface area (Å²) in [5.41, 5.74) is 1.72. The van der Waals surface area contributed by atoms with Gasteiger partial charge >= 0.3 is 0 Å². The van der Waals surface area contributed by atoms with Gasteiger partial charge in [0.15, 0.2) is 0 Å². The highest BCUT2D eigenvalue weighted by molar-refractivity contribution is 5.95. The smallest absolute Gasteiger partial charge is 0.255 e. The number of hydrogen-bond acceptors (Lipinski definition) is 3. The van der Waals surface area contributed by atoms with Crippen LogP contribution >= 0.6 is 0 Å². The van der Waals surface area contributed by atoms with Crippen molar-refractivity contribution >= 4 is 5.91 Å². The molecule has 2 aromatic rings. The zero-order valence-electron chi connectivity index (χ0n) is 13.2. The van der Waals surface area contributed by atoms with E-state index in [4.69, 9.17) is 4.42 Å². The van der Waals surface area contributed by atoms with Crippen LogP contribution in [0.25, 0.3) is 0 Å². The van der Waals surface area contributed by atoms with E-state index in [1.165, 1.54) is 18.4 Å². The topological polar surface area (TPSA) is 45.5 Å². The van der Waals surface area contributed by atoms with Crippen LogP contribution in [0.4, 0.5) is 4.39 Å². The molecule has 23 heavy (non-hydrogen) atoms. The lowest BCUT2D eigenvalue weighted by Gasteiger charge is -2.32. The summed E-state index contributed by atoms with van der Waals surface area (Å²) in [6.45, 7) is 4.46. The predicted molar refractivity (Wildman–Crippen MR) is 85.6 cm³/mol. The Bertz CT molecular complexity index is 658. The summed E-state index contributed by atoms with van der Waals surface area (Å²) in [5, 5.41) is 3.08. The molecule has 0 aliphatic carbocycles. The zero-order chi connectivity index (χ0) is 16.2. The van der Waals surface area contributed by atoms with Gasteiger partial charge in [-0.15, -0.1) is 0 Å². The van der Waals surface area contributed by atoms with E-state index < -0.39 is 0 Å². The van der Waals surface area contributed by atoms with Crippen LogP contribution in [0.2, 0.25) is 0 Å². The monoisotopic (exact) mass is 316 g/mol. The fraction of sp³-hybridized carbons (Fsp3) is 0.389. The van der Waals surface area contributed by atoms with Crippen LogP contribution < -0.4 is 5.32 Å². The standard InChI is InChI=1S/C18H21FN2O2/c1-13-17(8-11-23-13)18(22)20-16-6-9-21(10-7-16)12-14-2-4-15(19)5-3-14/h2-5,8,11,16H,6-7,9-10,12H2,1H3,(H,20,22). The summed E-state index contributed by atoms with van der Waals surface area (Å²) in [6, 6.07) is 8.54. The molecule has 1 aromatic carbocycles. The van der Waals surface area contributed by atoms with Crippen molar-refractivity contribution in [2.24, 2.45) is 0 Å². The fourth-order valence-corrected chi connectivity index (χ4v) is 2.97. The summed E-state index contributed by atoms with van der Waals surface area (Å²) >= 11 is 0. The summed E-state index contributed by atoms with van der Waals surface area (Å²) in [6.07, 6.45) is 3.38. The first-order valence-corrected chi connectivity index (χ1v) is 7.93. The van der Waals surface area contributed by atoms with Gasteiger partial charge in [0.05, 0.1) is 11.8 Å². The number of benzene rings is 1. The quantitative estimate of drug-likeness (QED) is 0.942. The van der Waals surface area contributed by atoms with Crippen LogP contribution in [0.3, 0.4) is 0 Å². The average Bonchev–Trinajstić information content (AvgIpc) is 2.98. The molecule has 1 amide bonds. The highest BCUT2D eigenvalue weighted by atomic mass is 19.1. The van der Waals surface area contributed by atoms with Crippen LogP contribution in [-0.2, 0) is 6.54 Å². The SMILES string of the molecule is Cc1occc1C(=O)NC1CCN(Cc2ccc(F)cc2)CC1. The Morgan fingerprint density at radius 2 is 1.96 bits per heavy atom. The molecule has 122 valence electrons. The summed E-state index contributed by atoms with van der Waals surface area (Å²) in [5.74, 6) is 0.384. The number of rotatable bonds is 4. The first-order chi connectivity index (χ1) is 11.1. The van der Waals surface area contributed by atoms with Crippen molar-refractivity contribution in [1.82, 2.24) is 10.2 Å². The molecule has 1 aliphatic rings. The van der Waals surface area contributed by atoms with Crippen molar-refractivity contribution < 1.29 is 13.6 Å². The number of piperidine rings is 1. The van der Waals surface area contributed by atoms with E-state index in [1.807, 2.05) is 12.1 Å². The summed E-state index contributed by atoms with van der Waals surface area (Å²) < 4.78 is 18.1. The molecule has 2 heterocycles. The second kappa shape index (κ2) is 6.96. The van der Waals surface area contributed by atoms with Gasteiger partial charge in [-0.2, -0.15) is 0 Å². The van der Waals surface area contributed by atoms with Gasteiger partial charge < -0.3 is 9.73 Å². The first-order valence-electron chi connectivity index (χ1n) is 7.93. The number of aryl methyl sites for hydroxylation is 1. The number of furan rings is 1. The Morgan fingerprint density at radius 1 is 1.26 bits per heavy atom. The number of likely N-dealkylation sites (tertiary alicyclic amines) is 1. The highest BCUT2D eigenvalue weighted by Gasteiger charge is 2.22. The van der Waals surface area contributed by atoms with Gasteiger partial charge in [-0.3, -0.25) is 9.69 Å².